The zero-order valence-corrected chi connectivity index (χ0v) is 14.6. The van der Waals surface area contributed by atoms with Crippen LogP contribution < -0.4 is 5.32 Å². The topological polar surface area (TPSA) is 103 Å². The van der Waals surface area contributed by atoms with Crippen LogP contribution in [0.15, 0.2) is 30.7 Å². The number of pyridine rings is 1. The van der Waals surface area contributed by atoms with Gasteiger partial charge in [-0.05, 0) is 24.5 Å². The molecule has 0 radical (unpaired) electrons. The molecule has 0 amide bonds. The Morgan fingerprint density at radius 3 is 2.80 bits per heavy atom. The Bertz CT molecular complexity index is 1020. The second-order valence-electron chi connectivity index (χ2n) is 6.29. The fourth-order valence-electron chi connectivity index (χ4n) is 3.06. The standard InChI is InChI=1S/C16H18N6O2S/c1-22-16-13(9-19-22)15(18-8-11-4-7-25(23,24)10-11)20-14(21-16)12-2-5-17-6-3-12/h2-3,5-6,9,11H,4,7-8,10H2,1H3,(H,18,20,21)/t11-/m0/s1. The zero-order valence-electron chi connectivity index (χ0n) is 13.8. The minimum absolute atomic E-state index is 0.107. The molecule has 4 heterocycles. The van der Waals surface area contributed by atoms with E-state index in [0.717, 1.165) is 16.6 Å². The van der Waals surface area contributed by atoms with Crippen LogP contribution in [0.4, 0.5) is 5.82 Å². The van der Waals surface area contributed by atoms with Crippen LogP contribution in [0.1, 0.15) is 6.42 Å². The summed E-state index contributed by atoms with van der Waals surface area (Å²) in [5.74, 6) is 1.87. The highest BCUT2D eigenvalue weighted by Crippen LogP contribution is 2.25. The second kappa shape index (κ2) is 6.07. The number of nitrogens with one attached hydrogen (secondary N) is 1. The van der Waals surface area contributed by atoms with Crippen LogP contribution in [0.5, 0.6) is 0 Å². The highest BCUT2D eigenvalue weighted by molar-refractivity contribution is 7.91. The van der Waals surface area contributed by atoms with Crippen molar-refractivity contribution in [3.8, 4) is 11.4 Å². The summed E-state index contributed by atoms with van der Waals surface area (Å²) >= 11 is 0. The van der Waals surface area contributed by atoms with Crippen molar-refractivity contribution in [1.82, 2.24) is 24.7 Å². The molecular weight excluding hydrogens is 340 g/mol. The minimum Gasteiger partial charge on any atom is -0.369 e. The number of aryl methyl sites for hydroxylation is 1. The number of rotatable bonds is 4. The van der Waals surface area contributed by atoms with Crippen LogP contribution in [0, 0.1) is 5.92 Å². The highest BCUT2D eigenvalue weighted by Gasteiger charge is 2.27. The molecule has 1 N–H and O–H groups in total. The van der Waals surface area contributed by atoms with Crippen molar-refractivity contribution in [2.24, 2.45) is 13.0 Å². The fourth-order valence-corrected chi connectivity index (χ4v) is 4.92. The summed E-state index contributed by atoms with van der Waals surface area (Å²) in [7, 11) is -1.05. The van der Waals surface area contributed by atoms with Crippen molar-refractivity contribution in [3.05, 3.63) is 30.7 Å². The van der Waals surface area contributed by atoms with Crippen molar-refractivity contribution in [3.63, 3.8) is 0 Å². The summed E-state index contributed by atoms with van der Waals surface area (Å²) in [4.78, 5) is 13.2. The Labute approximate surface area is 145 Å². The quantitative estimate of drug-likeness (QED) is 0.749. The first-order valence-corrected chi connectivity index (χ1v) is 9.88. The van der Waals surface area contributed by atoms with Gasteiger partial charge in [-0.3, -0.25) is 9.67 Å². The number of sulfone groups is 1. The van der Waals surface area contributed by atoms with Gasteiger partial charge in [0.1, 0.15) is 5.82 Å². The van der Waals surface area contributed by atoms with Gasteiger partial charge in [0.2, 0.25) is 0 Å². The monoisotopic (exact) mass is 358 g/mol. The van der Waals surface area contributed by atoms with E-state index in [9.17, 15) is 8.42 Å². The van der Waals surface area contributed by atoms with Crippen LogP contribution in [-0.4, -0.2) is 51.2 Å². The maximum Gasteiger partial charge on any atom is 0.164 e. The van der Waals surface area contributed by atoms with Gasteiger partial charge in [0.15, 0.2) is 21.3 Å². The van der Waals surface area contributed by atoms with Crippen LogP contribution in [0.3, 0.4) is 0 Å². The third-order valence-electron chi connectivity index (χ3n) is 4.42. The van der Waals surface area contributed by atoms with E-state index in [4.69, 9.17) is 0 Å². The van der Waals surface area contributed by atoms with Gasteiger partial charge >= 0.3 is 0 Å². The molecule has 8 nitrogen and oxygen atoms in total. The van der Waals surface area contributed by atoms with Crippen molar-refractivity contribution < 1.29 is 8.42 Å². The molecule has 1 fully saturated rings. The summed E-state index contributed by atoms with van der Waals surface area (Å²) in [6.45, 7) is 0.565. The van der Waals surface area contributed by atoms with Gasteiger partial charge in [-0.2, -0.15) is 5.10 Å². The van der Waals surface area contributed by atoms with E-state index in [2.05, 4.69) is 25.4 Å². The molecule has 1 atom stereocenters. The Balaban J connectivity index is 1.67. The van der Waals surface area contributed by atoms with E-state index in [1.54, 1.807) is 23.3 Å². The predicted octanol–water partition coefficient (Wildman–Crippen LogP) is 1.27. The molecule has 130 valence electrons. The van der Waals surface area contributed by atoms with E-state index >= 15 is 0 Å². The van der Waals surface area contributed by atoms with Crippen LogP contribution in [-0.2, 0) is 16.9 Å². The number of anilines is 1. The third kappa shape index (κ3) is 3.19. The van der Waals surface area contributed by atoms with Crippen molar-refractivity contribution in [1.29, 1.82) is 0 Å². The Morgan fingerprint density at radius 1 is 1.28 bits per heavy atom. The predicted molar refractivity (Wildman–Crippen MR) is 94.8 cm³/mol. The molecule has 0 bridgehead atoms. The minimum atomic E-state index is -2.89. The summed E-state index contributed by atoms with van der Waals surface area (Å²) in [5.41, 5.74) is 1.59. The molecule has 3 aromatic rings. The van der Waals surface area contributed by atoms with Crippen LogP contribution in [0.25, 0.3) is 22.4 Å². The number of hydrogen-bond donors (Lipinski definition) is 1. The molecule has 25 heavy (non-hydrogen) atoms. The molecule has 0 aromatic carbocycles. The second-order valence-corrected chi connectivity index (χ2v) is 8.52. The first-order chi connectivity index (χ1) is 12.0. The lowest BCUT2D eigenvalue weighted by Crippen LogP contribution is -2.16. The normalized spacial score (nSPS) is 19.3. The van der Waals surface area contributed by atoms with Gasteiger partial charge in [-0.15, -0.1) is 0 Å². The summed E-state index contributed by atoms with van der Waals surface area (Å²) in [6.07, 6.45) is 5.80. The number of aromatic nitrogens is 5. The SMILES string of the molecule is Cn1ncc2c(NC[C@@H]3CCS(=O)(=O)C3)nc(-c3ccncc3)nc21. The molecule has 0 aliphatic carbocycles. The molecule has 0 saturated carbocycles. The van der Waals surface area contributed by atoms with Gasteiger partial charge in [-0.1, -0.05) is 0 Å². The first-order valence-electron chi connectivity index (χ1n) is 8.06. The lowest BCUT2D eigenvalue weighted by molar-refractivity contribution is 0.596. The number of nitrogens with zero attached hydrogens (tertiary/aromatic N) is 5. The smallest absolute Gasteiger partial charge is 0.164 e. The average Bonchev–Trinajstić information content (AvgIpc) is 3.16. The first kappa shape index (κ1) is 15.9. The maximum atomic E-state index is 11.6. The lowest BCUT2D eigenvalue weighted by Gasteiger charge is -2.12. The fraction of sp³-hybridized carbons (Fsp3) is 0.375. The molecule has 3 aromatic heterocycles. The highest BCUT2D eigenvalue weighted by atomic mass is 32.2. The number of hydrogen-bond acceptors (Lipinski definition) is 7. The largest absolute Gasteiger partial charge is 0.369 e. The molecule has 0 spiro atoms. The molecule has 1 aliphatic heterocycles. The molecule has 9 heteroatoms. The summed E-state index contributed by atoms with van der Waals surface area (Å²) in [6, 6.07) is 3.70. The number of fused-ring (bicyclic) bond motifs is 1. The Hall–Kier alpha value is -2.55. The van der Waals surface area contributed by atoms with Crippen LogP contribution in [0.2, 0.25) is 0 Å². The molecule has 4 rings (SSSR count). The molecule has 1 aliphatic rings. The summed E-state index contributed by atoms with van der Waals surface area (Å²) < 4.78 is 25.0. The van der Waals surface area contributed by atoms with Gasteiger partial charge in [-0.25, -0.2) is 18.4 Å². The molecule has 1 saturated heterocycles. The molecule has 0 unspecified atom stereocenters. The third-order valence-corrected chi connectivity index (χ3v) is 6.25. The van der Waals surface area contributed by atoms with Gasteiger partial charge in [0.05, 0.1) is 23.1 Å². The van der Waals surface area contributed by atoms with E-state index in [1.165, 1.54) is 0 Å². The summed E-state index contributed by atoms with van der Waals surface area (Å²) in [5, 5.41) is 8.39. The lowest BCUT2D eigenvalue weighted by atomic mass is 10.1. The van der Waals surface area contributed by atoms with Gasteiger partial charge in [0, 0.05) is 31.5 Å². The van der Waals surface area contributed by atoms with Crippen molar-refractivity contribution >= 4 is 26.7 Å². The van der Waals surface area contributed by atoms with Crippen molar-refractivity contribution in [2.75, 3.05) is 23.4 Å². The van der Waals surface area contributed by atoms with E-state index in [-0.39, 0.29) is 17.4 Å². The van der Waals surface area contributed by atoms with E-state index in [1.807, 2.05) is 19.2 Å². The van der Waals surface area contributed by atoms with Gasteiger partial charge in [0.25, 0.3) is 0 Å². The van der Waals surface area contributed by atoms with Crippen molar-refractivity contribution in [2.45, 2.75) is 6.42 Å². The van der Waals surface area contributed by atoms with Gasteiger partial charge < -0.3 is 5.32 Å². The zero-order chi connectivity index (χ0) is 17.4. The molecular formula is C16H18N6O2S. The average molecular weight is 358 g/mol. The Kier molecular flexibility index (Phi) is 3.87. The Morgan fingerprint density at radius 2 is 2.08 bits per heavy atom. The van der Waals surface area contributed by atoms with Crippen LogP contribution >= 0.6 is 0 Å². The van der Waals surface area contributed by atoms with E-state index < -0.39 is 9.84 Å². The van der Waals surface area contributed by atoms with E-state index in [0.29, 0.717) is 24.6 Å². The maximum absolute atomic E-state index is 11.6.